The van der Waals surface area contributed by atoms with Crippen molar-refractivity contribution in [3.8, 4) is 0 Å². The van der Waals surface area contributed by atoms with Crippen LogP contribution < -0.4 is 0 Å². The first-order valence-corrected chi connectivity index (χ1v) is 18.0. The molecule has 14 saturated carbocycles. The van der Waals surface area contributed by atoms with E-state index in [-0.39, 0.29) is 0 Å². The van der Waals surface area contributed by atoms with Crippen LogP contribution in [0.25, 0.3) is 0 Å². The van der Waals surface area contributed by atoms with Gasteiger partial charge >= 0.3 is 0 Å². The first-order chi connectivity index (χ1) is 16.5. The molecule has 186 valence electrons. The molecule has 16 bridgehead atoms. The Morgan fingerprint density at radius 2 is 0.824 bits per heavy atom. The minimum atomic E-state index is -2.23. The van der Waals surface area contributed by atoms with Gasteiger partial charge in [-0.15, -0.1) is 0 Å². The fourth-order valence-electron chi connectivity index (χ4n) is 16.0. The topological polar surface area (TPSA) is 17.1 Å². The van der Waals surface area contributed by atoms with Crippen LogP contribution in [0.15, 0.2) is 0 Å². The van der Waals surface area contributed by atoms with Crippen molar-refractivity contribution in [2.24, 2.45) is 82.9 Å². The van der Waals surface area contributed by atoms with Crippen LogP contribution >= 0.6 is 7.14 Å². The molecular formula is C32H47OP. The van der Waals surface area contributed by atoms with E-state index in [0.717, 1.165) is 89.0 Å². The zero-order valence-corrected chi connectivity index (χ0v) is 22.4. The standard InChI is InChI=1S/C32H47OP/c1-2-3-4-34(33,31-11-25-19-5-17-6-20(25)27(13-31)21(7-17)26(19)12-31)32-14-28-22-8-18-9-23(28)30(16-32)24(10-18)29(22)15-32/h17-30H,2-16H2,1H3. The van der Waals surface area contributed by atoms with Gasteiger partial charge in [-0.2, -0.15) is 0 Å². The number of hydrogen-bond acceptors (Lipinski definition) is 1. The molecular weight excluding hydrogens is 431 g/mol. The third-order valence-corrected chi connectivity index (χ3v) is 21.4. The third-order valence-electron chi connectivity index (χ3n) is 16.3. The molecule has 0 aromatic carbocycles. The molecule has 0 unspecified atom stereocenters. The maximum atomic E-state index is 16.4. The van der Waals surface area contributed by atoms with Gasteiger partial charge in [-0.1, -0.05) is 13.3 Å². The van der Waals surface area contributed by atoms with Crippen molar-refractivity contribution in [1.82, 2.24) is 0 Å². The van der Waals surface area contributed by atoms with Crippen LogP contribution in [0, 0.1) is 82.9 Å². The van der Waals surface area contributed by atoms with Crippen LogP contribution in [0.4, 0.5) is 0 Å². The summed E-state index contributed by atoms with van der Waals surface area (Å²) >= 11 is 0. The van der Waals surface area contributed by atoms with Crippen molar-refractivity contribution in [3.05, 3.63) is 0 Å². The molecule has 0 heterocycles. The van der Waals surface area contributed by atoms with Gasteiger partial charge in [0, 0.05) is 16.5 Å². The second-order valence-corrected chi connectivity index (χ2v) is 20.4. The number of unbranched alkanes of at least 4 members (excludes halogenated alkanes) is 1. The lowest BCUT2D eigenvalue weighted by Crippen LogP contribution is -2.71. The second kappa shape index (κ2) is 6.10. The Balaban J connectivity index is 1.10. The molecule has 0 spiro atoms. The Bertz CT molecular complexity index is 802. The summed E-state index contributed by atoms with van der Waals surface area (Å²) in [4.78, 5) is 0. The molecule has 1 nitrogen and oxygen atoms in total. The van der Waals surface area contributed by atoms with Crippen LogP contribution in [0.1, 0.15) is 96.8 Å². The van der Waals surface area contributed by atoms with Crippen molar-refractivity contribution in [2.75, 3.05) is 6.16 Å². The predicted molar refractivity (Wildman–Crippen MR) is 137 cm³/mol. The van der Waals surface area contributed by atoms with Crippen LogP contribution in [0.2, 0.25) is 0 Å². The van der Waals surface area contributed by atoms with Crippen LogP contribution in [-0.2, 0) is 4.57 Å². The van der Waals surface area contributed by atoms with Gasteiger partial charge in [0.2, 0.25) is 0 Å². The van der Waals surface area contributed by atoms with Gasteiger partial charge in [-0.3, -0.25) is 0 Å². The summed E-state index contributed by atoms with van der Waals surface area (Å²) < 4.78 is 16.4. The Morgan fingerprint density at radius 3 is 1.09 bits per heavy atom. The summed E-state index contributed by atoms with van der Waals surface area (Å²) in [7, 11) is -2.23. The Kier molecular flexibility index (Phi) is 3.63. The minimum Gasteiger partial charge on any atom is -0.322 e. The van der Waals surface area contributed by atoms with E-state index in [0.29, 0.717) is 10.3 Å². The largest absolute Gasteiger partial charge is 0.322 e. The van der Waals surface area contributed by atoms with E-state index in [4.69, 9.17) is 0 Å². The average Bonchev–Trinajstić information content (AvgIpc) is 2.87. The van der Waals surface area contributed by atoms with Gasteiger partial charge in [0.1, 0.15) is 0 Å². The fourth-order valence-corrected chi connectivity index (χ4v) is 21.7. The van der Waals surface area contributed by atoms with E-state index in [2.05, 4.69) is 6.92 Å². The van der Waals surface area contributed by atoms with Gasteiger partial charge in [-0.05, 0) is 166 Å². The molecule has 0 saturated heterocycles. The SMILES string of the molecule is CCCCP(=O)(C12CC3C4CC5CC3C(C1)C(C5)C4C2)C12CC3C4CC5CC3C(C1)C(C5)C4C2. The highest BCUT2D eigenvalue weighted by molar-refractivity contribution is 7.67. The fraction of sp³-hybridized carbons (Fsp3) is 1.00. The van der Waals surface area contributed by atoms with Gasteiger partial charge < -0.3 is 4.57 Å². The smallest absolute Gasteiger partial charge is 0.0994 e. The number of rotatable bonds is 5. The van der Waals surface area contributed by atoms with Crippen LogP contribution in [-0.4, -0.2) is 16.5 Å². The first kappa shape index (κ1) is 20.2. The second-order valence-electron chi connectivity index (χ2n) is 16.6. The zero-order chi connectivity index (χ0) is 22.2. The van der Waals surface area contributed by atoms with Crippen molar-refractivity contribution in [2.45, 2.75) is 107 Å². The van der Waals surface area contributed by atoms with E-state index in [9.17, 15) is 0 Å². The van der Waals surface area contributed by atoms with Crippen LogP contribution in [0.5, 0.6) is 0 Å². The Morgan fingerprint density at radius 1 is 0.529 bits per heavy atom. The molecule has 0 aromatic heterocycles. The summed E-state index contributed by atoms with van der Waals surface area (Å²) in [5.41, 5.74) is 0. The Hall–Kier alpha value is 0.230. The lowest BCUT2D eigenvalue weighted by Gasteiger charge is -2.77. The highest BCUT2D eigenvalue weighted by Crippen LogP contribution is 2.88. The highest BCUT2D eigenvalue weighted by atomic mass is 31.2. The predicted octanol–water partition coefficient (Wildman–Crippen LogP) is 8.07. The van der Waals surface area contributed by atoms with Crippen molar-refractivity contribution < 1.29 is 4.57 Å². The lowest BCUT2D eigenvalue weighted by atomic mass is 9.35. The summed E-state index contributed by atoms with van der Waals surface area (Å²) in [6.07, 6.45) is 21.8. The van der Waals surface area contributed by atoms with Crippen molar-refractivity contribution in [3.63, 3.8) is 0 Å². The molecule has 14 aliphatic carbocycles. The van der Waals surface area contributed by atoms with Gasteiger partial charge in [0.05, 0.1) is 7.14 Å². The van der Waals surface area contributed by atoms with E-state index in [1.165, 1.54) is 51.4 Å². The number of hydrogen-bond donors (Lipinski definition) is 0. The quantitative estimate of drug-likeness (QED) is 0.365. The maximum absolute atomic E-state index is 16.4. The van der Waals surface area contributed by atoms with Gasteiger partial charge in [0.15, 0.2) is 0 Å². The van der Waals surface area contributed by atoms with Crippen molar-refractivity contribution >= 4 is 7.14 Å². The molecule has 0 N–H and O–H groups in total. The molecule has 14 rings (SSSR count). The molecule has 0 aliphatic heterocycles. The van der Waals surface area contributed by atoms with Gasteiger partial charge in [-0.25, -0.2) is 0 Å². The maximum Gasteiger partial charge on any atom is 0.0994 e. The summed E-state index contributed by atoms with van der Waals surface area (Å²) in [6.45, 7) is 2.38. The van der Waals surface area contributed by atoms with Crippen molar-refractivity contribution in [1.29, 1.82) is 0 Å². The molecule has 0 aromatic rings. The molecule has 0 atom stereocenters. The Labute approximate surface area is 207 Å². The summed E-state index contributed by atoms with van der Waals surface area (Å²) in [5, 5.41) is 0.609. The molecule has 34 heavy (non-hydrogen) atoms. The molecule has 14 fully saturated rings. The van der Waals surface area contributed by atoms with Crippen LogP contribution in [0.3, 0.4) is 0 Å². The van der Waals surface area contributed by atoms with Gasteiger partial charge in [0.25, 0.3) is 0 Å². The highest BCUT2D eigenvalue weighted by Gasteiger charge is 2.77. The average molecular weight is 479 g/mol. The lowest BCUT2D eigenvalue weighted by molar-refractivity contribution is -0.204. The minimum absolute atomic E-state index is 0.304. The zero-order valence-electron chi connectivity index (χ0n) is 21.5. The monoisotopic (exact) mass is 478 g/mol. The third kappa shape index (κ3) is 2.00. The summed E-state index contributed by atoms with van der Waals surface area (Å²) in [5.74, 6) is 14.6. The molecule has 0 amide bonds. The molecule has 14 aliphatic rings. The summed E-state index contributed by atoms with van der Waals surface area (Å²) in [6, 6.07) is 0. The van der Waals surface area contributed by atoms with E-state index in [1.54, 1.807) is 38.5 Å². The van der Waals surface area contributed by atoms with E-state index >= 15 is 4.57 Å². The first-order valence-electron chi connectivity index (χ1n) is 16.1. The van der Waals surface area contributed by atoms with E-state index in [1.807, 2.05) is 0 Å². The normalized spacial score (nSPS) is 68.3. The molecule has 0 radical (unpaired) electrons. The molecule has 2 heteroatoms. The van der Waals surface area contributed by atoms with E-state index < -0.39 is 7.14 Å².